The Morgan fingerprint density at radius 3 is 2.49 bits per heavy atom. The molecule has 0 bridgehead atoms. The van der Waals surface area contributed by atoms with Gasteiger partial charge >= 0.3 is 12.0 Å². The molecule has 11 heteroatoms. The van der Waals surface area contributed by atoms with Gasteiger partial charge in [-0.25, -0.2) is 14.6 Å². The number of amides is 2. The Kier molecular flexibility index (Phi) is 7.70. The van der Waals surface area contributed by atoms with Crippen molar-refractivity contribution < 1.29 is 28.5 Å². The number of nitrogens with zero attached hydrogens (tertiary/aromatic N) is 2. The zero-order chi connectivity index (χ0) is 24.6. The molecule has 2 amide bonds. The lowest BCUT2D eigenvalue weighted by atomic mass is 10.1. The van der Waals surface area contributed by atoms with E-state index in [0.717, 1.165) is 0 Å². The summed E-state index contributed by atoms with van der Waals surface area (Å²) in [5, 5.41) is 8.27. The van der Waals surface area contributed by atoms with Crippen molar-refractivity contribution in [3.8, 4) is 17.2 Å². The van der Waals surface area contributed by atoms with Gasteiger partial charge in [0.25, 0.3) is 0 Å². The molecule has 10 nitrogen and oxygen atoms in total. The van der Waals surface area contributed by atoms with Crippen molar-refractivity contribution >= 4 is 45.1 Å². The van der Waals surface area contributed by atoms with Gasteiger partial charge in [0.2, 0.25) is 0 Å². The number of esters is 1. The lowest BCUT2D eigenvalue weighted by Crippen LogP contribution is -2.19. The SMILES string of the molecule is COCCOC(=O)c1cc2c(Oc3ccc(NC(=O)Nc4nccs4)cc3)ccnc2cc1OC. The van der Waals surface area contributed by atoms with Gasteiger partial charge in [-0.3, -0.25) is 10.3 Å². The molecule has 0 aliphatic heterocycles. The maximum Gasteiger partial charge on any atom is 0.342 e. The molecule has 0 unspecified atom stereocenters. The van der Waals surface area contributed by atoms with Crippen LogP contribution in [0.4, 0.5) is 15.6 Å². The van der Waals surface area contributed by atoms with Crippen molar-refractivity contribution in [3.63, 3.8) is 0 Å². The van der Waals surface area contributed by atoms with Gasteiger partial charge in [-0.05, 0) is 36.4 Å². The first kappa shape index (κ1) is 23.9. The molecule has 4 aromatic rings. The highest BCUT2D eigenvalue weighted by molar-refractivity contribution is 7.13. The van der Waals surface area contributed by atoms with E-state index in [1.165, 1.54) is 25.6 Å². The Bertz CT molecular complexity index is 1310. The second kappa shape index (κ2) is 11.3. The van der Waals surface area contributed by atoms with E-state index in [2.05, 4.69) is 20.6 Å². The van der Waals surface area contributed by atoms with Gasteiger partial charge in [0.15, 0.2) is 5.13 Å². The number of methoxy groups -OCH3 is 2. The number of aromatic nitrogens is 2. The van der Waals surface area contributed by atoms with E-state index in [1.807, 2.05) is 0 Å². The summed E-state index contributed by atoms with van der Waals surface area (Å²) in [5.41, 5.74) is 1.42. The number of rotatable bonds is 9. The lowest BCUT2D eigenvalue weighted by molar-refractivity contribution is 0.0385. The number of nitrogens with one attached hydrogen (secondary N) is 2. The molecular weight excluding hydrogens is 472 g/mol. The van der Waals surface area contributed by atoms with E-state index in [1.54, 1.807) is 60.2 Å². The van der Waals surface area contributed by atoms with Gasteiger partial charge in [-0.2, -0.15) is 0 Å². The summed E-state index contributed by atoms with van der Waals surface area (Å²) in [4.78, 5) is 33.0. The summed E-state index contributed by atoms with van der Waals surface area (Å²) < 4.78 is 21.6. The molecule has 0 fully saturated rings. The average molecular weight is 495 g/mol. The van der Waals surface area contributed by atoms with Crippen molar-refractivity contribution in [1.82, 2.24) is 9.97 Å². The second-order valence-corrected chi connectivity index (χ2v) is 7.94. The van der Waals surface area contributed by atoms with E-state index < -0.39 is 12.0 Å². The number of carbonyl (C=O) groups is 2. The van der Waals surface area contributed by atoms with Crippen molar-refractivity contribution in [2.45, 2.75) is 0 Å². The molecule has 180 valence electrons. The Morgan fingerprint density at radius 1 is 0.943 bits per heavy atom. The molecule has 2 heterocycles. The van der Waals surface area contributed by atoms with Crippen LogP contribution in [0, 0.1) is 0 Å². The minimum atomic E-state index is -0.540. The Balaban J connectivity index is 1.51. The molecule has 0 saturated heterocycles. The second-order valence-electron chi connectivity index (χ2n) is 7.05. The predicted molar refractivity (Wildman–Crippen MR) is 132 cm³/mol. The molecule has 0 atom stereocenters. The average Bonchev–Trinajstić information content (AvgIpc) is 3.37. The molecule has 35 heavy (non-hydrogen) atoms. The molecule has 4 rings (SSSR count). The first-order valence-corrected chi connectivity index (χ1v) is 11.3. The van der Waals surface area contributed by atoms with Gasteiger partial charge in [-0.1, -0.05) is 0 Å². The number of carbonyl (C=O) groups excluding carboxylic acids is 2. The standard InChI is InChI=1S/C24H22N4O6S/c1-31-10-11-33-22(29)18-13-17-19(14-21(18)32-2)25-8-7-20(17)34-16-5-3-15(4-6-16)27-23(30)28-24-26-9-12-35-24/h3-9,12-14H,10-11H2,1-2H3,(H2,26,27,28,30). The third kappa shape index (κ3) is 6.02. The van der Waals surface area contributed by atoms with Crippen LogP contribution in [0.1, 0.15) is 10.4 Å². The van der Waals surface area contributed by atoms with Crippen LogP contribution in [-0.2, 0) is 9.47 Å². The first-order chi connectivity index (χ1) is 17.1. The molecule has 0 aliphatic carbocycles. The Hall–Kier alpha value is -4.22. The fourth-order valence-electron chi connectivity index (χ4n) is 3.14. The molecule has 0 saturated carbocycles. The van der Waals surface area contributed by atoms with E-state index in [0.29, 0.717) is 39.0 Å². The minimum Gasteiger partial charge on any atom is -0.496 e. The molecular formula is C24H22N4O6S. The largest absolute Gasteiger partial charge is 0.496 e. The van der Waals surface area contributed by atoms with Gasteiger partial charge in [0.1, 0.15) is 29.4 Å². The molecule has 0 radical (unpaired) electrons. The van der Waals surface area contributed by atoms with Crippen molar-refractivity contribution in [2.24, 2.45) is 0 Å². The summed E-state index contributed by atoms with van der Waals surface area (Å²) in [5.74, 6) is 0.826. The fourth-order valence-corrected chi connectivity index (χ4v) is 3.66. The van der Waals surface area contributed by atoms with Gasteiger partial charge in [0.05, 0.1) is 19.2 Å². The number of urea groups is 1. The van der Waals surface area contributed by atoms with Crippen LogP contribution >= 0.6 is 11.3 Å². The Morgan fingerprint density at radius 2 is 1.77 bits per heavy atom. The van der Waals surface area contributed by atoms with Crippen LogP contribution in [0.2, 0.25) is 0 Å². The number of ether oxygens (including phenoxy) is 4. The summed E-state index contributed by atoms with van der Waals surface area (Å²) in [6.45, 7) is 0.407. The fraction of sp³-hybridized carbons (Fsp3) is 0.167. The third-order valence-electron chi connectivity index (χ3n) is 4.76. The number of hydrogen-bond donors (Lipinski definition) is 2. The van der Waals surface area contributed by atoms with Crippen LogP contribution in [-0.4, -0.2) is 49.4 Å². The molecule has 0 aliphatic rings. The lowest BCUT2D eigenvalue weighted by Gasteiger charge is -2.13. The van der Waals surface area contributed by atoms with E-state index in [-0.39, 0.29) is 18.8 Å². The summed E-state index contributed by atoms with van der Waals surface area (Å²) in [6.07, 6.45) is 3.21. The van der Waals surface area contributed by atoms with E-state index >= 15 is 0 Å². The van der Waals surface area contributed by atoms with Crippen LogP contribution < -0.4 is 20.1 Å². The topological polar surface area (TPSA) is 121 Å². The first-order valence-electron chi connectivity index (χ1n) is 10.5. The van der Waals surface area contributed by atoms with Crippen molar-refractivity contribution in [3.05, 3.63) is 65.8 Å². The molecule has 0 spiro atoms. The number of fused-ring (bicyclic) bond motifs is 1. The Labute approximate surface area is 204 Å². The number of anilines is 2. The summed E-state index contributed by atoms with van der Waals surface area (Å²) >= 11 is 1.33. The van der Waals surface area contributed by atoms with Crippen LogP contribution in [0.25, 0.3) is 10.9 Å². The number of pyridine rings is 1. The highest BCUT2D eigenvalue weighted by atomic mass is 32.1. The zero-order valence-corrected chi connectivity index (χ0v) is 19.8. The van der Waals surface area contributed by atoms with E-state index in [9.17, 15) is 9.59 Å². The highest BCUT2D eigenvalue weighted by Crippen LogP contribution is 2.34. The maximum atomic E-state index is 12.6. The third-order valence-corrected chi connectivity index (χ3v) is 5.44. The number of thiazole rings is 1. The molecule has 2 aromatic carbocycles. The smallest absolute Gasteiger partial charge is 0.342 e. The minimum absolute atomic E-state index is 0.120. The number of hydrogen-bond acceptors (Lipinski definition) is 9. The monoisotopic (exact) mass is 494 g/mol. The number of benzene rings is 2. The summed E-state index contributed by atoms with van der Waals surface area (Å²) in [6, 6.07) is 11.4. The van der Waals surface area contributed by atoms with Gasteiger partial charge in [-0.15, -0.1) is 11.3 Å². The van der Waals surface area contributed by atoms with Crippen LogP contribution in [0.3, 0.4) is 0 Å². The van der Waals surface area contributed by atoms with Crippen molar-refractivity contribution in [2.75, 3.05) is 38.1 Å². The van der Waals surface area contributed by atoms with E-state index in [4.69, 9.17) is 18.9 Å². The zero-order valence-electron chi connectivity index (χ0n) is 18.9. The quantitative estimate of drug-likeness (QED) is 0.248. The highest BCUT2D eigenvalue weighted by Gasteiger charge is 2.18. The summed E-state index contributed by atoms with van der Waals surface area (Å²) in [7, 11) is 3.00. The van der Waals surface area contributed by atoms with Gasteiger partial charge in [0, 0.05) is 42.0 Å². The normalized spacial score (nSPS) is 10.6. The van der Waals surface area contributed by atoms with Gasteiger partial charge < -0.3 is 24.3 Å². The van der Waals surface area contributed by atoms with Crippen LogP contribution in [0.5, 0.6) is 17.2 Å². The predicted octanol–water partition coefficient (Wildman–Crippen LogP) is 4.94. The molecule has 2 aromatic heterocycles. The molecule has 2 N–H and O–H groups in total. The van der Waals surface area contributed by atoms with Crippen LogP contribution in [0.15, 0.2) is 60.2 Å². The van der Waals surface area contributed by atoms with Crippen molar-refractivity contribution in [1.29, 1.82) is 0 Å². The maximum absolute atomic E-state index is 12.6.